The Labute approximate surface area is 178 Å². The summed E-state index contributed by atoms with van der Waals surface area (Å²) in [6, 6.07) is 7.48. The maximum atomic E-state index is 12.9. The van der Waals surface area contributed by atoms with E-state index in [1.165, 1.54) is 0 Å². The van der Waals surface area contributed by atoms with Crippen LogP contribution < -0.4 is 5.56 Å². The Morgan fingerprint density at radius 3 is 2.70 bits per heavy atom. The highest BCUT2D eigenvalue weighted by molar-refractivity contribution is 5.94. The standard InChI is InChI=1S/C24H32N4O2/c1-5-26(4)24(30)18-6-7-21(25-11-18)19-9-22-20-8-17(14-28(22)23(29)10-19)13-27(15-20)12-16(2)3/h6-7,9-11,16-17,20H,5,8,12-15H2,1-4H3/t17-,20+/m0/s1. The van der Waals surface area contributed by atoms with Crippen LogP contribution in [0.3, 0.4) is 0 Å². The molecule has 0 aromatic carbocycles. The molecule has 1 fully saturated rings. The number of piperidine rings is 1. The Kier molecular flexibility index (Phi) is 5.78. The number of nitrogens with zero attached hydrogens (tertiary/aromatic N) is 4. The highest BCUT2D eigenvalue weighted by Crippen LogP contribution is 2.36. The van der Waals surface area contributed by atoms with Gasteiger partial charge in [-0.25, -0.2) is 0 Å². The van der Waals surface area contributed by atoms with Crippen LogP contribution in [0.25, 0.3) is 11.3 Å². The number of rotatable bonds is 5. The molecule has 4 heterocycles. The molecule has 1 saturated heterocycles. The summed E-state index contributed by atoms with van der Waals surface area (Å²) < 4.78 is 1.98. The molecule has 2 aliphatic rings. The molecule has 0 N–H and O–H groups in total. The van der Waals surface area contributed by atoms with E-state index in [-0.39, 0.29) is 11.5 Å². The molecule has 2 aromatic rings. The first-order valence-electron chi connectivity index (χ1n) is 11.0. The van der Waals surface area contributed by atoms with Crippen molar-refractivity contribution in [2.24, 2.45) is 11.8 Å². The molecule has 0 saturated carbocycles. The second-order valence-electron chi connectivity index (χ2n) is 9.28. The van der Waals surface area contributed by atoms with Crippen LogP contribution in [0.15, 0.2) is 35.3 Å². The molecule has 6 nitrogen and oxygen atoms in total. The molecular weight excluding hydrogens is 376 g/mol. The lowest BCUT2D eigenvalue weighted by Gasteiger charge is -2.43. The Hall–Kier alpha value is -2.47. The quantitative estimate of drug-likeness (QED) is 0.763. The summed E-state index contributed by atoms with van der Waals surface area (Å²) in [5.74, 6) is 1.55. The zero-order valence-electron chi connectivity index (χ0n) is 18.5. The smallest absolute Gasteiger partial charge is 0.255 e. The minimum Gasteiger partial charge on any atom is -0.342 e. The van der Waals surface area contributed by atoms with E-state index >= 15 is 0 Å². The number of amides is 1. The van der Waals surface area contributed by atoms with Gasteiger partial charge >= 0.3 is 0 Å². The van der Waals surface area contributed by atoms with Crippen molar-refractivity contribution in [2.45, 2.75) is 39.7 Å². The first kappa shape index (κ1) is 20.8. The molecule has 4 rings (SSSR count). The second-order valence-corrected chi connectivity index (χ2v) is 9.28. The van der Waals surface area contributed by atoms with E-state index in [0.29, 0.717) is 29.9 Å². The third-order valence-corrected chi connectivity index (χ3v) is 6.38. The number of hydrogen-bond acceptors (Lipinski definition) is 4. The van der Waals surface area contributed by atoms with Crippen molar-refractivity contribution in [1.29, 1.82) is 0 Å². The number of pyridine rings is 2. The first-order valence-corrected chi connectivity index (χ1v) is 11.0. The molecule has 2 atom stereocenters. The van der Waals surface area contributed by atoms with Crippen molar-refractivity contribution in [3.8, 4) is 11.3 Å². The summed E-state index contributed by atoms with van der Waals surface area (Å²) in [6.07, 6.45) is 2.77. The van der Waals surface area contributed by atoms with Gasteiger partial charge in [0, 0.05) is 69.2 Å². The molecule has 2 aliphatic heterocycles. The van der Waals surface area contributed by atoms with Gasteiger partial charge in [-0.1, -0.05) is 13.8 Å². The second kappa shape index (κ2) is 8.34. The summed E-state index contributed by atoms with van der Waals surface area (Å²) in [5, 5.41) is 0. The van der Waals surface area contributed by atoms with E-state index < -0.39 is 0 Å². The van der Waals surface area contributed by atoms with E-state index in [1.807, 2.05) is 17.6 Å². The van der Waals surface area contributed by atoms with Gasteiger partial charge in [-0.05, 0) is 43.4 Å². The fraction of sp³-hybridized carbons (Fsp3) is 0.542. The zero-order chi connectivity index (χ0) is 21.4. The highest BCUT2D eigenvalue weighted by atomic mass is 16.2. The molecule has 30 heavy (non-hydrogen) atoms. The van der Waals surface area contributed by atoms with E-state index in [1.54, 1.807) is 30.3 Å². The van der Waals surface area contributed by atoms with Crippen LogP contribution in [0.4, 0.5) is 0 Å². The molecule has 1 amide bonds. The number of likely N-dealkylation sites (tertiary alicyclic amines) is 1. The Morgan fingerprint density at radius 2 is 2.03 bits per heavy atom. The van der Waals surface area contributed by atoms with E-state index in [9.17, 15) is 9.59 Å². The van der Waals surface area contributed by atoms with Gasteiger partial charge in [-0.3, -0.25) is 14.6 Å². The molecular formula is C24H32N4O2. The average Bonchev–Trinajstić information content (AvgIpc) is 2.73. The summed E-state index contributed by atoms with van der Waals surface area (Å²) in [6.45, 7) is 11.1. The predicted octanol–water partition coefficient (Wildman–Crippen LogP) is 3.08. The SMILES string of the molecule is CCN(C)C(=O)c1ccc(-c2cc3n(c(=O)c2)C[C@H]2C[C@@H]3CN(CC(C)C)C2)nc1. The summed E-state index contributed by atoms with van der Waals surface area (Å²) >= 11 is 0. The summed E-state index contributed by atoms with van der Waals surface area (Å²) in [5.41, 5.74) is 3.34. The maximum absolute atomic E-state index is 12.9. The molecule has 160 valence electrons. The van der Waals surface area contributed by atoms with E-state index in [4.69, 9.17) is 0 Å². The molecule has 0 radical (unpaired) electrons. The van der Waals surface area contributed by atoms with Gasteiger partial charge in [0.1, 0.15) is 0 Å². The van der Waals surface area contributed by atoms with Gasteiger partial charge in [0.2, 0.25) is 0 Å². The van der Waals surface area contributed by atoms with Crippen molar-refractivity contribution in [2.75, 3.05) is 33.2 Å². The van der Waals surface area contributed by atoms with Crippen LogP contribution >= 0.6 is 0 Å². The van der Waals surface area contributed by atoms with Crippen LogP contribution in [0.1, 0.15) is 49.2 Å². The van der Waals surface area contributed by atoms with Crippen LogP contribution in [-0.2, 0) is 6.54 Å². The lowest BCUT2D eigenvalue weighted by Crippen LogP contribution is -2.48. The van der Waals surface area contributed by atoms with Crippen LogP contribution in [-0.4, -0.2) is 58.5 Å². The molecule has 2 aromatic heterocycles. The molecule has 0 aliphatic carbocycles. The molecule has 0 spiro atoms. The summed E-state index contributed by atoms with van der Waals surface area (Å²) in [4.78, 5) is 34.0. The molecule has 0 unspecified atom stereocenters. The van der Waals surface area contributed by atoms with Gasteiger partial charge in [0.25, 0.3) is 11.5 Å². The largest absolute Gasteiger partial charge is 0.342 e. The number of aromatic nitrogens is 2. The van der Waals surface area contributed by atoms with Crippen molar-refractivity contribution in [3.63, 3.8) is 0 Å². The van der Waals surface area contributed by atoms with Crippen molar-refractivity contribution < 1.29 is 4.79 Å². The van der Waals surface area contributed by atoms with Crippen LogP contribution in [0, 0.1) is 11.8 Å². The minimum atomic E-state index is -0.0412. The molecule has 6 heteroatoms. The Balaban J connectivity index is 1.63. The molecule has 2 bridgehead atoms. The van der Waals surface area contributed by atoms with E-state index in [0.717, 1.165) is 49.6 Å². The lowest BCUT2D eigenvalue weighted by atomic mass is 9.82. The number of carbonyl (C=O) groups is 1. The topological polar surface area (TPSA) is 58.4 Å². The van der Waals surface area contributed by atoms with Crippen molar-refractivity contribution in [3.05, 3.63) is 52.1 Å². The minimum absolute atomic E-state index is 0.0412. The number of hydrogen-bond donors (Lipinski definition) is 0. The van der Waals surface area contributed by atoms with Crippen LogP contribution in [0.5, 0.6) is 0 Å². The normalized spacial score (nSPS) is 20.8. The van der Waals surface area contributed by atoms with Gasteiger partial charge in [-0.15, -0.1) is 0 Å². The first-order chi connectivity index (χ1) is 14.4. The summed E-state index contributed by atoms with van der Waals surface area (Å²) in [7, 11) is 1.78. The monoisotopic (exact) mass is 408 g/mol. The van der Waals surface area contributed by atoms with Crippen molar-refractivity contribution in [1.82, 2.24) is 19.4 Å². The lowest BCUT2D eigenvalue weighted by molar-refractivity contribution is 0.0802. The fourth-order valence-corrected chi connectivity index (χ4v) is 4.93. The van der Waals surface area contributed by atoms with Gasteiger partial charge in [-0.2, -0.15) is 0 Å². The highest BCUT2D eigenvalue weighted by Gasteiger charge is 2.35. The Bertz CT molecular complexity index is 980. The van der Waals surface area contributed by atoms with Gasteiger partial charge in [0.15, 0.2) is 0 Å². The zero-order valence-corrected chi connectivity index (χ0v) is 18.5. The van der Waals surface area contributed by atoms with Gasteiger partial charge < -0.3 is 14.4 Å². The number of fused-ring (bicyclic) bond motifs is 4. The Morgan fingerprint density at radius 1 is 1.23 bits per heavy atom. The maximum Gasteiger partial charge on any atom is 0.255 e. The number of carbonyl (C=O) groups excluding carboxylic acids is 1. The fourth-order valence-electron chi connectivity index (χ4n) is 4.93. The van der Waals surface area contributed by atoms with Gasteiger partial charge in [0.05, 0.1) is 11.3 Å². The van der Waals surface area contributed by atoms with E-state index in [2.05, 4.69) is 29.8 Å². The van der Waals surface area contributed by atoms with Crippen LogP contribution in [0.2, 0.25) is 0 Å². The third kappa shape index (κ3) is 4.06. The average molecular weight is 409 g/mol. The third-order valence-electron chi connectivity index (χ3n) is 6.38. The van der Waals surface area contributed by atoms with Crippen molar-refractivity contribution >= 4 is 5.91 Å². The predicted molar refractivity (Wildman–Crippen MR) is 119 cm³/mol.